The molecule has 17 heavy (non-hydrogen) atoms. The van der Waals surface area contributed by atoms with E-state index in [1.807, 2.05) is 0 Å². The lowest BCUT2D eigenvalue weighted by Gasteiger charge is -2.16. The number of methoxy groups -OCH3 is 1. The van der Waals surface area contributed by atoms with Crippen LogP contribution in [0.5, 0.6) is 5.75 Å². The monoisotopic (exact) mass is 236 g/mol. The summed E-state index contributed by atoms with van der Waals surface area (Å²) in [5.41, 5.74) is 0.433. The smallest absolute Gasteiger partial charge is 0.255 e. The third-order valence-electron chi connectivity index (χ3n) is 2.95. The van der Waals surface area contributed by atoms with Gasteiger partial charge < -0.3 is 14.7 Å². The lowest BCUT2D eigenvalue weighted by atomic mass is 10.1. The number of carbonyl (C=O) groups excluding carboxylic acids is 1. The van der Waals surface area contributed by atoms with Crippen LogP contribution < -0.4 is 0 Å². The van der Waals surface area contributed by atoms with Crippen molar-refractivity contribution in [2.75, 3.05) is 26.8 Å². The minimum Gasteiger partial charge on any atom is -0.506 e. The number of likely N-dealkylation sites (tertiary alicyclic amines) is 1. The van der Waals surface area contributed by atoms with Crippen LogP contribution in [-0.4, -0.2) is 47.7 Å². The number of carbonyl (C=O) groups is 1. The van der Waals surface area contributed by atoms with Gasteiger partial charge in [-0.3, -0.25) is 9.78 Å². The number of aromatic nitrogens is 1. The Bertz CT molecular complexity index is 408. The van der Waals surface area contributed by atoms with Crippen molar-refractivity contribution in [3.05, 3.63) is 24.0 Å². The highest BCUT2D eigenvalue weighted by molar-refractivity contribution is 5.94. The van der Waals surface area contributed by atoms with Crippen molar-refractivity contribution in [2.24, 2.45) is 5.92 Å². The highest BCUT2D eigenvalue weighted by Gasteiger charge is 2.27. The predicted molar refractivity (Wildman–Crippen MR) is 61.8 cm³/mol. The van der Waals surface area contributed by atoms with Crippen LogP contribution in [0.15, 0.2) is 18.5 Å². The molecule has 1 N–H and O–H groups in total. The van der Waals surface area contributed by atoms with Gasteiger partial charge in [0, 0.05) is 32.3 Å². The zero-order valence-electron chi connectivity index (χ0n) is 9.80. The summed E-state index contributed by atoms with van der Waals surface area (Å²) in [6.07, 6.45) is 3.76. The highest BCUT2D eigenvalue weighted by Crippen LogP contribution is 2.19. The molecule has 0 saturated carbocycles. The Morgan fingerprint density at radius 3 is 3.18 bits per heavy atom. The predicted octanol–water partition coefficient (Wildman–Crippen LogP) is 0.896. The molecule has 1 atom stereocenters. The number of rotatable bonds is 3. The summed E-state index contributed by atoms with van der Waals surface area (Å²) < 4.78 is 5.09. The van der Waals surface area contributed by atoms with Crippen LogP contribution in [0.4, 0.5) is 0 Å². The van der Waals surface area contributed by atoms with E-state index >= 15 is 0 Å². The molecule has 92 valence electrons. The van der Waals surface area contributed by atoms with E-state index < -0.39 is 0 Å². The number of amides is 1. The van der Waals surface area contributed by atoms with Crippen molar-refractivity contribution in [3.8, 4) is 5.75 Å². The van der Waals surface area contributed by atoms with Crippen LogP contribution in [0.1, 0.15) is 16.8 Å². The molecule has 2 heterocycles. The van der Waals surface area contributed by atoms with Gasteiger partial charge in [-0.2, -0.15) is 0 Å². The molecule has 1 amide bonds. The quantitative estimate of drug-likeness (QED) is 0.846. The van der Waals surface area contributed by atoms with Crippen LogP contribution in [0.25, 0.3) is 0 Å². The Morgan fingerprint density at radius 2 is 2.47 bits per heavy atom. The topological polar surface area (TPSA) is 62.7 Å². The minimum absolute atomic E-state index is 0.0171. The summed E-state index contributed by atoms with van der Waals surface area (Å²) in [4.78, 5) is 17.7. The fraction of sp³-hybridized carbons (Fsp3) is 0.500. The molecule has 1 saturated heterocycles. The zero-order valence-corrected chi connectivity index (χ0v) is 9.80. The number of pyridine rings is 1. The van der Waals surface area contributed by atoms with E-state index in [9.17, 15) is 9.90 Å². The molecule has 5 heteroatoms. The van der Waals surface area contributed by atoms with Crippen molar-refractivity contribution in [3.63, 3.8) is 0 Å². The third-order valence-corrected chi connectivity index (χ3v) is 2.95. The van der Waals surface area contributed by atoms with Crippen molar-refractivity contribution in [1.29, 1.82) is 0 Å². The van der Waals surface area contributed by atoms with E-state index in [4.69, 9.17) is 4.74 Å². The van der Waals surface area contributed by atoms with Crippen molar-refractivity contribution < 1.29 is 14.6 Å². The Balaban J connectivity index is 2.02. The third kappa shape index (κ3) is 2.74. The van der Waals surface area contributed by atoms with Gasteiger partial charge in [-0.15, -0.1) is 0 Å². The average Bonchev–Trinajstić information content (AvgIpc) is 2.77. The largest absolute Gasteiger partial charge is 0.506 e. The van der Waals surface area contributed by atoms with E-state index in [1.54, 1.807) is 12.0 Å². The maximum Gasteiger partial charge on any atom is 0.255 e. The molecule has 0 aliphatic carbocycles. The molecule has 1 aliphatic rings. The van der Waals surface area contributed by atoms with Crippen LogP contribution in [0.3, 0.4) is 0 Å². The second-order valence-electron chi connectivity index (χ2n) is 4.29. The summed E-state index contributed by atoms with van der Waals surface area (Å²) >= 11 is 0. The second kappa shape index (κ2) is 5.14. The summed E-state index contributed by atoms with van der Waals surface area (Å²) in [6.45, 7) is 2.13. The Kier molecular flexibility index (Phi) is 3.58. The van der Waals surface area contributed by atoms with Gasteiger partial charge in [0.1, 0.15) is 5.75 Å². The maximum absolute atomic E-state index is 12.1. The van der Waals surface area contributed by atoms with Gasteiger partial charge >= 0.3 is 0 Å². The molecular formula is C12H16N2O3. The fourth-order valence-corrected chi connectivity index (χ4v) is 2.12. The van der Waals surface area contributed by atoms with E-state index in [-0.39, 0.29) is 11.7 Å². The summed E-state index contributed by atoms with van der Waals surface area (Å²) in [5, 5.41) is 9.29. The van der Waals surface area contributed by atoms with Crippen LogP contribution in [0.2, 0.25) is 0 Å². The summed E-state index contributed by atoms with van der Waals surface area (Å²) in [7, 11) is 1.67. The molecular weight excluding hydrogens is 220 g/mol. The van der Waals surface area contributed by atoms with Crippen LogP contribution >= 0.6 is 0 Å². The number of ether oxygens (including phenoxy) is 1. The molecule has 1 fully saturated rings. The van der Waals surface area contributed by atoms with Crippen molar-refractivity contribution in [2.45, 2.75) is 6.42 Å². The molecule has 1 aromatic heterocycles. The first-order valence-electron chi connectivity index (χ1n) is 5.63. The first kappa shape index (κ1) is 11.9. The molecule has 5 nitrogen and oxygen atoms in total. The lowest BCUT2D eigenvalue weighted by molar-refractivity contribution is 0.0774. The SMILES string of the molecule is COCC1CCN(C(=O)c2cncc(O)c2)C1. The fourth-order valence-electron chi connectivity index (χ4n) is 2.12. The molecule has 0 aromatic carbocycles. The highest BCUT2D eigenvalue weighted by atomic mass is 16.5. The number of aromatic hydroxyl groups is 1. The first-order valence-corrected chi connectivity index (χ1v) is 5.63. The summed E-state index contributed by atoms with van der Waals surface area (Å²) in [5.74, 6) is 0.352. The van der Waals surface area contributed by atoms with E-state index in [1.165, 1.54) is 18.5 Å². The van der Waals surface area contributed by atoms with E-state index in [2.05, 4.69) is 4.98 Å². The van der Waals surface area contributed by atoms with Gasteiger partial charge in [-0.1, -0.05) is 0 Å². The van der Waals surface area contributed by atoms with Gasteiger partial charge in [0.25, 0.3) is 5.91 Å². The molecule has 2 rings (SSSR count). The normalized spacial score (nSPS) is 19.6. The van der Waals surface area contributed by atoms with Gasteiger partial charge in [0.05, 0.1) is 18.4 Å². The molecule has 1 aromatic rings. The number of hydrogen-bond donors (Lipinski definition) is 1. The molecule has 1 aliphatic heterocycles. The maximum atomic E-state index is 12.1. The molecule has 0 spiro atoms. The second-order valence-corrected chi connectivity index (χ2v) is 4.29. The van der Waals surface area contributed by atoms with Gasteiger partial charge in [0.15, 0.2) is 0 Å². The van der Waals surface area contributed by atoms with Crippen molar-refractivity contribution in [1.82, 2.24) is 9.88 Å². The van der Waals surface area contributed by atoms with Crippen molar-refractivity contribution >= 4 is 5.91 Å². The standard InChI is InChI=1S/C12H16N2O3/c1-17-8-9-2-3-14(7-9)12(16)10-4-11(15)6-13-5-10/h4-6,9,15H,2-3,7-8H2,1H3. The minimum atomic E-state index is -0.0768. The Morgan fingerprint density at radius 1 is 1.65 bits per heavy atom. The summed E-state index contributed by atoms with van der Waals surface area (Å²) in [6, 6.07) is 1.44. The van der Waals surface area contributed by atoms with Gasteiger partial charge in [0.2, 0.25) is 0 Å². The molecule has 1 unspecified atom stereocenters. The van der Waals surface area contributed by atoms with Gasteiger partial charge in [-0.25, -0.2) is 0 Å². The first-order chi connectivity index (χ1) is 8.20. The number of nitrogens with zero attached hydrogens (tertiary/aromatic N) is 2. The lowest BCUT2D eigenvalue weighted by Crippen LogP contribution is -2.29. The zero-order chi connectivity index (χ0) is 12.3. The number of hydrogen-bond acceptors (Lipinski definition) is 4. The van der Waals surface area contributed by atoms with E-state index in [0.717, 1.165) is 13.0 Å². The Hall–Kier alpha value is -1.62. The average molecular weight is 236 g/mol. The van der Waals surface area contributed by atoms with Gasteiger partial charge in [-0.05, 0) is 12.5 Å². The molecule has 0 bridgehead atoms. The van der Waals surface area contributed by atoms with Crippen LogP contribution in [-0.2, 0) is 4.74 Å². The molecule has 0 radical (unpaired) electrons. The van der Waals surface area contributed by atoms with Crippen LogP contribution in [0, 0.1) is 5.92 Å². The Labute approximate surface area is 100 Å². The van der Waals surface area contributed by atoms with E-state index in [0.29, 0.717) is 24.6 Å².